The second-order valence-corrected chi connectivity index (χ2v) is 6.04. The Labute approximate surface area is 120 Å². The summed E-state index contributed by atoms with van der Waals surface area (Å²) in [5.74, 6) is 0. The van der Waals surface area contributed by atoms with Gasteiger partial charge in [-0.05, 0) is 12.8 Å². The van der Waals surface area contributed by atoms with E-state index in [4.69, 9.17) is 9.47 Å². The van der Waals surface area contributed by atoms with E-state index in [1.807, 2.05) is 4.90 Å². The van der Waals surface area contributed by atoms with E-state index in [9.17, 15) is 4.79 Å². The molecule has 0 bridgehead atoms. The SMILES string of the molecule is O=C(NCC1CNCCO1)N1CCOC2(CCCC2)C1. The molecule has 1 saturated carbocycles. The molecule has 1 spiro atoms. The van der Waals surface area contributed by atoms with Gasteiger partial charge in [0.05, 0.1) is 31.5 Å². The highest BCUT2D eigenvalue weighted by Gasteiger charge is 2.40. The van der Waals surface area contributed by atoms with Crippen LogP contribution in [-0.2, 0) is 9.47 Å². The lowest BCUT2D eigenvalue weighted by atomic mass is 10.00. The summed E-state index contributed by atoms with van der Waals surface area (Å²) < 4.78 is 11.5. The van der Waals surface area contributed by atoms with Crippen LogP contribution in [-0.4, -0.2) is 68.6 Å². The number of urea groups is 1. The van der Waals surface area contributed by atoms with Crippen molar-refractivity contribution in [2.45, 2.75) is 37.4 Å². The Balaban J connectivity index is 1.46. The predicted molar refractivity (Wildman–Crippen MR) is 74.7 cm³/mol. The zero-order valence-corrected chi connectivity index (χ0v) is 12.0. The van der Waals surface area contributed by atoms with Gasteiger partial charge in [-0.1, -0.05) is 12.8 Å². The van der Waals surface area contributed by atoms with E-state index in [2.05, 4.69) is 10.6 Å². The van der Waals surface area contributed by atoms with Crippen LogP contribution in [0.25, 0.3) is 0 Å². The van der Waals surface area contributed by atoms with Crippen LogP contribution in [0.1, 0.15) is 25.7 Å². The van der Waals surface area contributed by atoms with Crippen molar-refractivity contribution in [2.24, 2.45) is 0 Å². The van der Waals surface area contributed by atoms with Crippen LogP contribution < -0.4 is 10.6 Å². The third-order valence-electron chi connectivity index (χ3n) is 4.54. The number of ether oxygens (including phenoxy) is 2. The summed E-state index contributed by atoms with van der Waals surface area (Å²) in [4.78, 5) is 14.2. The third-order valence-corrected chi connectivity index (χ3v) is 4.54. The number of hydrogen-bond donors (Lipinski definition) is 2. The Bertz CT molecular complexity index is 339. The van der Waals surface area contributed by atoms with Crippen molar-refractivity contribution in [3.8, 4) is 0 Å². The molecule has 20 heavy (non-hydrogen) atoms. The van der Waals surface area contributed by atoms with Gasteiger partial charge >= 0.3 is 6.03 Å². The highest BCUT2D eigenvalue weighted by Crippen LogP contribution is 2.35. The van der Waals surface area contributed by atoms with Crippen molar-refractivity contribution in [1.29, 1.82) is 0 Å². The number of nitrogens with one attached hydrogen (secondary N) is 2. The highest BCUT2D eigenvalue weighted by atomic mass is 16.5. The largest absolute Gasteiger partial charge is 0.374 e. The molecule has 1 aliphatic carbocycles. The first-order valence-electron chi connectivity index (χ1n) is 7.77. The van der Waals surface area contributed by atoms with Gasteiger partial charge in [0.25, 0.3) is 0 Å². The van der Waals surface area contributed by atoms with Gasteiger partial charge in [-0.2, -0.15) is 0 Å². The van der Waals surface area contributed by atoms with E-state index in [1.165, 1.54) is 12.8 Å². The number of carbonyl (C=O) groups excluding carboxylic acids is 1. The first-order chi connectivity index (χ1) is 9.77. The standard InChI is InChI=1S/C14H25N3O3/c18-13(16-10-12-9-15-5-7-19-12)17-6-8-20-14(11-17)3-1-2-4-14/h12,15H,1-11H2,(H,16,18). The number of carbonyl (C=O) groups is 1. The lowest BCUT2D eigenvalue weighted by molar-refractivity contribution is -0.0927. The van der Waals surface area contributed by atoms with Crippen molar-refractivity contribution in [1.82, 2.24) is 15.5 Å². The molecule has 0 aromatic heterocycles. The van der Waals surface area contributed by atoms with Gasteiger partial charge in [-0.15, -0.1) is 0 Å². The van der Waals surface area contributed by atoms with Gasteiger partial charge in [0.15, 0.2) is 0 Å². The maximum atomic E-state index is 12.3. The van der Waals surface area contributed by atoms with Crippen LogP contribution in [0.4, 0.5) is 4.79 Å². The van der Waals surface area contributed by atoms with Gasteiger partial charge in [-0.25, -0.2) is 4.79 Å². The summed E-state index contributed by atoms with van der Waals surface area (Å²) in [7, 11) is 0. The maximum Gasteiger partial charge on any atom is 0.317 e. The van der Waals surface area contributed by atoms with Gasteiger partial charge in [0.2, 0.25) is 0 Å². The minimum atomic E-state index is -0.0571. The smallest absolute Gasteiger partial charge is 0.317 e. The molecular weight excluding hydrogens is 258 g/mol. The van der Waals surface area contributed by atoms with E-state index in [0.29, 0.717) is 19.7 Å². The van der Waals surface area contributed by atoms with Crippen LogP contribution in [0, 0.1) is 0 Å². The van der Waals surface area contributed by atoms with Crippen LogP contribution in [0.5, 0.6) is 0 Å². The lowest BCUT2D eigenvalue weighted by Crippen LogP contribution is -2.56. The number of morpholine rings is 2. The fourth-order valence-corrected chi connectivity index (χ4v) is 3.40. The Morgan fingerprint density at radius 2 is 2.20 bits per heavy atom. The van der Waals surface area contributed by atoms with Crippen molar-refractivity contribution in [2.75, 3.05) is 45.9 Å². The summed E-state index contributed by atoms with van der Waals surface area (Å²) in [6.07, 6.45) is 4.71. The molecule has 6 heteroatoms. The molecule has 114 valence electrons. The first-order valence-corrected chi connectivity index (χ1v) is 7.77. The molecule has 2 aliphatic heterocycles. The van der Waals surface area contributed by atoms with E-state index in [1.54, 1.807) is 0 Å². The summed E-state index contributed by atoms with van der Waals surface area (Å²) in [5, 5.41) is 6.26. The zero-order chi connectivity index (χ0) is 13.8. The monoisotopic (exact) mass is 283 g/mol. The molecule has 2 heterocycles. The molecule has 1 unspecified atom stereocenters. The molecular formula is C14H25N3O3. The Morgan fingerprint density at radius 1 is 1.35 bits per heavy atom. The predicted octanol–water partition coefficient (Wildman–Crippen LogP) is 0.329. The van der Waals surface area contributed by atoms with E-state index >= 15 is 0 Å². The number of rotatable bonds is 2. The fraction of sp³-hybridized carbons (Fsp3) is 0.929. The average molecular weight is 283 g/mol. The lowest BCUT2D eigenvalue weighted by Gasteiger charge is -2.40. The van der Waals surface area contributed by atoms with Gasteiger partial charge < -0.3 is 25.0 Å². The molecule has 0 radical (unpaired) electrons. The number of amides is 2. The Morgan fingerprint density at radius 3 is 2.95 bits per heavy atom. The summed E-state index contributed by atoms with van der Waals surface area (Å²) >= 11 is 0. The molecule has 2 amide bonds. The minimum Gasteiger partial charge on any atom is -0.374 e. The van der Waals surface area contributed by atoms with Crippen LogP contribution in [0.2, 0.25) is 0 Å². The topological polar surface area (TPSA) is 62.8 Å². The maximum absolute atomic E-state index is 12.3. The summed E-state index contributed by atoms with van der Waals surface area (Å²) in [5.41, 5.74) is -0.0571. The third kappa shape index (κ3) is 3.24. The van der Waals surface area contributed by atoms with E-state index in [-0.39, 0.29) is 17.7 Å². The van der Waals surface area contributed by atoms with Crippen LogP contribution in [0.3, 0.4) is 0 Å². The number of hydrogen-bond acceptors (Lipinski definition) is 4. The average Bonchev–Trinajstić information content (AvgIpc) is 2.93. The summed E-state index contributed by atoms with van der Waals surface area (Å²) in [6, 6.07) is 0.0220. The zero-order valence-electron chi connectivity index (χ0n) is 12.0. The van der Waals surface area contributed by atoms with Crippen LogP contribution >= 0.6 is 0 Å². The molecule has 1 atom stereocenters. The second-order valence-electron chi connectivity index (χ2n) is 6.04. The van der Waals surface area contributed by atoms with Crippen molar-refractivity contribution < 1.29 is 14.3 Å². The molecule has 6 nitrogen and oxygen atoms in total. The Kier molecular flexibility index (Phi) is 4.43. The first kappa shape index (κ1) is 14.1. The van der Waals surface area contributed by atoms with Crippen molar-refractivity contribution >= 4 is 6.03 Å². The van der Waals surface area contributed by atoms with Gasteiger partial charge in [-0.3, -0.25) is 0 Å². The summed E-state index contributed by atoms with van der Waals surface area (Å²) in [6.45, 7) is 5.11. The molecule has 0 aromatic rings. The van der Waals surface area contributed by atoms with Gasteiger partial charge in [0, 0.05) is 26.2 Å². The van der Waals surface area contributed by atoms with E-state index in [0.717, 1.165) is 39.1 Å². The number of nitrogens with zero attached hydrogens (tertiary/aromatic N) is 1. The molecule has 3 fully saturated rings. The van der Waals surface area contributed by atoms with Crippen molar-refractivity contribution in [3.05, 3.63) is 0 Å². The molecule has 3 rings (SSSR count). The quantitative estimate of drug-likeness (QED) is 0.766. The Hall–Kier alpha value is -0.850. The van der Waals surface area contributed by atoms with E-state index < -0.39 is 0 Å². The van der Waals surface area contributed by atoms with Crippen molar-refractivity contribution in [3.63, 3.8) is 0 Å². The highest BCUT2D eigenvalue weighted by molar-refractivity contribution is 5.74. The minimum absolute atomic E-state index is 0.0220. The molecule has 2 saturated heterocycles. The fourth-order valence-electron chi connectivity index (χ4n) is 3.40. The van der Waals surface area contributed by atoms with Gasteiger partial charge in [0.1, 0.15) is 0 Å². The van der Waals surface area contributed by atoms with Crippen LogP contribution in [0.15, 0.2) is 0 Å². The molecule has 2 N–H and O–H groups in total. The second kappa shape index (κ2) is 6.28. The molecule has 0 aromatic carbocycles. The molecule has 3 aliphatic rings. The normalized spacial score (nSPS) is 29.6.